The predicted molar refractivity (Wildman–Crippen MR) is 119 cm³/mol. The third-order valence-electron chi connectivity index (χ3n) is 4.47. The number of anilines is 2. The second kappa shape index (κ2) is 8.09. The monoisotopic (exact) mass is 384 g/mol. The largest absolute Gasteiger partial charge is 0.268 e. The molecule has 2 heterocycles. The van der Waals surface area contributed by atoms with E-state index in [-0.39, 0.29) is 0 Å². The Morgan fingerprint density at radius 1 is 1.07 bits per heavy atom. The van der Waals surface area contributed by atoms with Crippen LogP contribution in [0.4, 0.5) is 10.7 Å². The molecule has 1 aliphatic rings. The second-order valence-electron chi connectivity index (χ2n) is 6.19. The van der Waals surface area contributed by atoms with Crippen molar-refractivity contribution in [3.8, 4) is 0 Å². The molecule has 0 saturated carbocycles. The zero-order valence-corrected chi connectivity index (χ0v) is 16.4. The summed E-state index contributed by atoms with van der Waals surface area (Å²) < 4.78 is 0. The minimum Gasteiger partial charge on any atom is -0.268 e. The van der Waals surface area contributed by atoms with Crippen molar-refractivity contribution in [3.05, 3.63) is 101 Å². The first kappa shape index (κ1) is 18.0. The summed E-state index contributed by atoms with van der Waals surface area (Å²) in [5, 5.41) is 14.5. The van der Waals surface area contributed by atoms with Crippen LogP contribution in [0.5, 0.6) is 0 Å². The maximum Gasteiger partial charge on any atom is 0.145 e. The summed E-state index contributed by atoms with van der Waals surface area (Å²) in [7, 11) is 0. The molecule has 0 bridgehead atoms. The first-order chi connectivity index (χ1) is 13.8. The maximum atomic E-state index is 4.85. The van der Waals surface area contributed by atoms with E-state index in [1.54, 1.807) is 11.3 Å². The van der Waals surface area contributed by atoms with Gasteiger partial charge in [-0.2, -0.15) is 10.2 Å². The number of para-hydroxylation sites is 1. The molecular formula is C23H20N4S. The fourth-order valence-corrected chi connectivity index (χ4v) is 3.87. The van der Waals surface area contributed by atoms with Crippen molar-refractivity contribution in [1.29, 1.82) is 0 Å². The lowest BCUT2D eigenvalue weighted by atomic mass is 10.1. The summed E-state index contributed by atoms with van der Waals surface area (Å²) in [6, 6.07) is 22.2. The molecule has 138 valence electrons. The molecule has 3 aromatic rings. The number of nitrogens with one attached hydrogen (secondary N) is 1. The van der Waals surface area contributed by atoms with Crippen molar-refractivity contribution in [2.24, 2.45) is 10.2 Å². The zero-order valence-electron chi connectivity index (χ0n) is 15.6. The third kappa shape index (κ3) is 3.41. The number of benzene rings is 2. The molecule has 0 unspecified atom stereocenters. The lowest BCUT2D eigenvalue weighted by Gasteiger charge is -2.14. The minimum absolute atomic E-state index is 0.723. The molecule has 4 rings (SSSR count). The van der Waals surface area contributed by atoms with Gasteiger partial charge in [0.05, 0.1) is 5.69 Å². The van der Waals surface area contributed by atoms with Crippen LogP contribution in [0, 0.1) is 0 Å². The number of hydrogen-bond donors (Lipinski definition) is 1. The quantitative estimate of drug-likeness (QED) is 0.455. The van der Waals surface area contributed by atoms with Crippen LogP contribution >= 0.6 is 11.3 Å². The van der Waals surface area contributed by atoms with Gasteiger partial charge in [0.25, 0.3) is 0 Å². The first-order valence-electron chi connectivity index (χ1n) is 9.12. The molecule has 0 saturated heterocycles. The lowest BCUT2D eigenvalue weighted by Crippen LogP contribution is -2.18. The molecule has 0 atom stereocenters. The van der Waals surface area contributed by atoms with Crippen molar-refractivity contribution in [3.63, 3.8) is 0 Å². The highest BCUT2D eigenvalue weighted by Crippen LogP contribution is 2.29. The number of hydrogen-bond acceptors (Lipinski definition) is 5. The summed E-state index contributed by atoms with van der Waals surface area (Å²) in [6.45, 7) is 6.03. The zero-order chi connectivity index (χ0) is 19.3. The highest BCUT2D eigenvalue weighted by atomic mass is 32.1. The van der Waals surface area contributed by atoms with Crippen LogP contribution in [0.25, 0.3) is 0 Å². The Morgan fingerprint density at radius 2 is 1.79 bits per heavy atom. The van der Waals surface area contributed by atoms with Crippen molar-refractivity contribution in [1.82, 2.24) is 0 Å². The van der Waals surface area contributed by atoms with Crippen LogP contribution in [-0.2, 0) is 6.42 Å². The Hall–Kier alpha value is -3.40. The van der Waals surface area contributed by atoms with Gasteiger partial charge in [-0.15, -0.1) is 11.3 Å². The number of nitrogens with zero attached hydrogens (tertiary/aromatic N) is 3. The number of aryl methyl sites for hydroxylation is 1. The Morgan fingerprint density at radius 3 is 2.46 bits per heavy atom. The minimum atomic E-state index is 0.723. The first-order valence-corrected chi connectivity index (χ1v) is 10.00. The van der Waals surface area contributed by atoms with E-state index in [2.05, 4.69) is 36.1 Å². The highest BCUT2D eigenvalue weighted by Gasteiger charge is 2.30. The normalized spacial score (nSPS) is 14.9. The molecule has 1 aromatic heterocycles. The molecule has 1 aliphatic heterocycles. The lowest BCUT2D eigenvalue weighted by molar-refractivity contribution is 1.07. The summed E-state index contributed by atoms with van der Waals surface area (Å²) in [4.78, 5) is 0. The van der Waals surface area contributed by atoms with Gasteiger partial charge in [-0.1, -0.05) is 67.8 Å². The fourth-order valence-electron chi connectivity index (χ4n) is 3.04. The second-order valence-corrected chi connectivity index (χ2v) is 7.10. The van der Waals surface area contributed by atoms with E-state index in [1.807, 2.05) is 65.7 Å². The van der Waals surface area contributed by atoms with Gasteiger partial charge < -0.3 is 0 Å². The maximum absolute atomic E-state index is 4.85. The van der Waals surface area contributed by atoms with E-state index in [4.69, 9.17) is 10.2 Å². The van der Waals surface area contributed by atoms with Crippen molar-refractivity contribution >= 4 is 33.4 Å². The molecule has 2 aromatic carbocycles. The molecule has 0 amide bonds. The van der Waals surface area contributed by atoms with Crippen LogP contribution in [0.1, 0.15) is 18.1 Å². The number of hydrazone groups is 2. The molecule has 1 N–H and O–H groups in total. The van der Waals surface area contributed by atoms with Gasteiger partial charge in [-0.3, -0.25) is 5.43 Å². The van der Waals surface area contributed by atoms with Crippen molar-refractivity contribution < 1.29 is 0 Å². The van der Waals surface area contributed by atoms with E-state index in [0.717, 1.165) is 39.8 Å². The molecular weight excluding hydrogens is 364 g/mol. The van der Waals surface area contributed by atoms with Crippen molar-refractivity contribution in [2.75, 3.05) is 10.4 Å². The smallest absolute Gasteiger partial charge is 0.145 e. The van der Waals surface area contributed by atoms with Gasteiger partial charge in [0, 0.05) is 5.56 Å². The molecule has 0 spiro atoms. The van der Waals surface area contributed by atoms with E-state index in [1.165, 1.54) is 5.56 Å². The molecule has 28 heavy (non-hydrogen) atoms. The van der Waals surface area contributed by atoms with E-state index >= 15 is 0 Å². The van der Waals surface area contributed by atoms with Gasteiger partial charge in [0.15, 0.2) is 0 Å². The number of allylic oxidation sites excluding steroid dienone is 1. The van der Waals surface area contributed by atoms with Crippen LogP contribution in [0.3, 0.4) is 0 Å². The highest BCUT2D eigenvalue weighted by molar-refractivity contribution is 7.14. The molecule has 4 nitrogen and oxygen atoms in total. The van der Waals surface area contributed by atoms with Crippen LogP contribution in [0.2, 0.25) is 0 Å². The summed E-state index contributed by atoms with van der Waals surface area (Å²) >= 11 is 1.64. The average molecular weight is 385 g/mol. The standard InChI is InChI=1S/C23H20N4S/c1-3-17-15-16-28-23(17)25-24-22-20(4-2)27(19-13-9-6-10-14-19)26-21(22)18-11-7-5-8-12-18/h5-16,25H,2-3H2,1H3/b24-22+. The summed E-state index contributed by atoms with van der Waals surface area (Å²) in [5.41, 5.74) is 11.7. The van der Waals surface area contributed by atoms with Crippen LogP contribution in [-0.4, -0.2) is 11.4 Å². The Labute approximate surface area is 168 Å². The number of thiophene rings is 1. The third-order valence-corrected chi connectivity index (χ3v) is 5.33. The Kier molecular flexibility index (Phi) is 5.20. The fraction of sp³-hybridized carbons (Fsp3) is 0.0870. The van der Waals surface area contributed by atoms with Crippen LogP contribution in [0.15, 0.2) is 100 Å². The predicted octanol–water partition coefficient (Wildman–Crippen LogP) is 5.67. The van der Waals surface area contributed by atoms with E-state index in [0.29, 0.717) is 0 Å². The topological polar surface area (TPSA) is 40.0 Å². The Bertz CT molecular complexity index is 1070. The molecule has 0 aliphatic carbocycles. The van der Waals surface area contributed by atoms with E-state index < -0.39 is 0 Å². The van der Waals surface area contributed by atoms with Gasteiger partial charge in [0.2, 0.25) is 0 Å². The van der Waals surface area contributed by atoms with Gasteiger partial charge in [-0.25, -0.2) is 5.01 Å². The Balaban J connectivity index is 1.79. The average Bonchev–Trinajstić information content (AvgIpc) is 3.37. The molecule has 5 heteroatoms. The summed E-state index contributed by atoms with van der Waals surface area (Å²) in [6.07, 6.45) is 0.955. The number of rotatable bonds is 5. The molecule has 0 fully saturated rings. The van der Waals surface area contributed by atoms with E-state index in [9.17, 15) is 0 Å². The SMILES string of the molecule is C=C=C1/C(=N\Nc2sccc2CC)C(c2ccccc2)=NN1c1ccccc1. The molecule has 0 radical (unpaired) electrons. The van der Waals surface area contributed by atoms with Crippen molar-refractivity contribution in [2.45, 2.75) is 13.3 Å². The van der Waals surface area contributed by atoms with Gasteiger partial charge >= 0.3 is 0 Å². The van der Waals surface area contributed by atoms with Gasteiger partial charge in [0.1, 0.15) is 22.1 Å². The van der Waals surface area contributed by atoms with Crippen LogP contribution < -0.4 is 10.4 Å². The summed E-state index contributed by atoms with van der Waals surface area (Å²) in [5.74, 6) is 0. The van der Waals surface area contributed by atoms with Gasteiger partial charge in [-0.05, 0) is 35.6 Å².